The van der Waals surface area contributed by atoms with Gasteiger partial charge in [-0.05, 0) is 24.3 Å². The molecule has 0 spiro atoms. The molecule has 2 nitrogen and oxygen atoms in total. The van der Waals surface area contributed by atoms with E-state index in [-0.39, 0.29) is 0 Å². The summed E-state index contributed by atoms with van der Waals surface area (Å²) in [4.78, 5) is 0. The number of ether oxygens (including phenoxy) is 2. The summed E-state index contributed by atoms with van der Waals surface area (Å²) < 4.78 is 11.5. The highest BCUT2D eigenvalue weighted by Gasteiger charge is 2.05. The Hall–Kier alpha value is -1.70. The first-order chi connectivity index (χ1) is 8.85. The molecule has 2 rings (SSSR count). The fraction of sp³-hybridized carbons (Fsp3) is 0.375. The van der Waals surface area contributed by atoms with Crippen molar-refractivity contribution in [3.8, 4) is 11.5 Å². The van der Waals surface area contributed by atoms with Gasteiger partial charge in [-0.2, -0.15) is 0 Å². The number of benzene rings is 2. The van der Waals surface area contributed by atoms with Crippen molar-refractivity contribution in [3.63, 3.8) is 0 Å². The maximum atomic E-state index is 5.81. The lowest BCUT2D eigenvalue weighted by atomic mass is 10.1. The van der Waals surface area contributed by atoms with E-state index in [1.54, 1.807) is 0 Å². The molecule has 0 N–H and O–H groups in total. The van der Waals surface area contributed by atoms with Crippen LogP contribution in [0.2, 0.25) is 0 Å². The first kappa shape index (κ1) is 12.7. The van der Waals surface area contributed by atoms with Gasteiger partial charge in [-0.25, -0.2) is 0 Å². The van der Waals surface area contributed by atoms with Crippen LogP contribution in [0.3, 0.4) is 0 Å². The SMILES string of the molecule is CCCOc1cc(OCCC)c2ccccc2c1. The molecule has 0 atom stereocenters. The molecular weight excluding hydrogens is 224 g/mol. The second-order valence-electron chi connectivity index (χ2n) is 4.34. The van der Waals surface area contributed by atoms with Crippen LogP contribution in [0.5, 0.6) is 11.5 Å². The number of rotatable bonds is 6. The lowest BCUT2D eigenvalue weighted by molar-refractivity contribution is 0.304. The van der Waals surface area contributed by atoms with Crippen molar-refractivity contribution in [1.29, 1.82) is 0 Å². The normalized spacial score (nSPS) is 10.6. The third-order valence-corrected chi connectivity index (χ3v) is 2.73. The summed E-state index contributed by atoms with van der Waals surface area (Å²) in [6.45, 7) is 5.70. The van der Waals surface area contributed by atoms with Gasteiger partial charge < -0.3 is 9.47 Å². The molecule has 96 valence electrons. The molecule has 0 aliphatic heterocycles. The van der Waals surface area contributed by atoms with Crippen LogP contribution in [-0.4, -0.2) is 13.2 Å². The average molecular weight is 244 g/mol. The van der Waals surface area contributed by atoms with E-state index in [1.165, 1.54) is 0 Å². The van der Waals surface area contributed by atoms with Gasteiger partial charge in [0.25, 0.3) is 0 Å². The molecule has 18 heavy (non-hydrogen) atoms. The van der Waals surface area contributed by atoms with Gasteiger partial charge in [-0.1, -0.05) is 38.1 Å². The van der Waals surface area contributed by atoms with E-state index in [0.29, 0.717) is 0 Å². The molecule has 0 unspecified atom stereocenters. The van der Waals surface area contributed by atoms with Crippen LogP contribution < -0.4 is 9.47 Å². The first-order valence-electron chi connectivity index (χ1n) is 6.63. The monoisotopic (exact) mass is 244 g/mol. The van der Waals surface area contributed by atoms with Gasteiger partial charge in [0, 0.05) is 11.5 Å². The maximum Gasteiger partial charge on any atom is 0.130 e. The second kappa shape index (κ2) is 6.29. The Kier molecular flexibility index (Phi) is 4.46. The molecule has 2 heteroatoms. The maximum absolute atomic E-state index is 5.81. The fourth-order valence-electron chi connectivity index (χ4n) is 1.88. The minimum Gasteiger partial charge on any atom is -0.493 e. The Bertz CT molecular complexity index is 505. The highest BCUT2D eigenvalue weighted by Crippen LogP contribution is 2.31. The fourth-order valence-corrected chi connectivity index (χ4v) is 1.88. The van der Waals surface area contributed by atoms with Crippen LogP contribution in [-0.2, 0) is 0 Å². The van der Waals surface area contributed by atoms with E-state index in [9.17, 15) is 0 Å². The van der Waals surface area contributed by atoms with Gasteiger partial charge in [0.05, 0.1) is 13.2 Å². The lowest BCUT2D eigenvalue weighted by Gasteiger charge is -2.12. The number of fused-ring (bicyclic) bond motifs is 1. The van der Waals surface area contributed by atoms with Crippen molar-refractivity contribution >= 4 is 10.8 Å². The van der Waals surface area contributed by atoms with Crippen molar-refractivity contribution in [1.82, 2.24) is 0 Å². The minimum absolute atomic E-state index is 0.737. The Balaban J connectivity index is 2.36. The highest BCUT2D eigenvalue weighted by molar-refractivity contribution is 5.89. The van der Waals surface area contributed by atoms with E-state index in [2.05, 4.69) is 32.0 Å². The van der Waals surface area contributed by atoms with E-state index < -0.39 is 0 Å². The van der Waals surface area contributed by atoms with E-state index >= 15 is 0 Å². The summed E-state index contributed by atoms with van der Waals surface area (Å²) in [6, 6.07) is 12.3. The molecule has 0 heterocycles. The molecule has 0 fully saturated rings. The van der Waals surface area contributed by atoms with Crippen LogP contribution in [0.15, 0.2) is 36.4 Å². The van der Waals surface area contributed by atoms with Gasteiger partial charge in [0.15, 0.2) is 0 Å². The smallest absolute Gasteiger partial charge is 0.130 e. The predicted molar refractivity (Wildman–Crippen MR) is 75.5 cm³/mol. The van der Waals surface area contributed by atoms with Crippen molar-refractivity contribution in [2.24, 2.45) is 0 Å². The van der Waals surface area contributed by atoms with Crippen molar-refractivity contribution in [2.45, 2.75) is 26.7 Å². The summed E-state index contributed by atoms with van der Waals surface area (Å²) in [5, 5.41) is 2.31. The van der Waals surface area contributed by atoms with Gasteiger partial charge in [-0.15, -0.1) is 0 Å². The van der Waals surface area contributed by atoms with Crippen molar-refractivity contribution in [2.75, 3.05) is 13.2 Å². The molecule has 0 radical (unpaired) electrons. The third-order valence-electron chi connectivity index (χ3n) is 2.73. The van der Waals surface area contributed by atoms with Crippen LogP contribution in [0, 0.1) is 0 Å². The largest absolute Gasteiger partial charge is 0.493 e. The highest BCUT2D eigenvalue weighted by atomic mass is 16.5. The Morgan fingerprint density at radius 1 is 0.889 bits per heavy atom. The van der Waals surface area contributed by atoms with E-state index in [1.807, 2.05) is 18.2 Å². The number of hydrogen-bond acceptors (Lipinski definition) is 2. The molecule has 2 aromatic rings. The van der Waals surface area contributed by atoms with Crippen LogP contribution in [0.1, 0.15) is 26.7 Å². The summed E-state index contributed by atoms with van der Waals surface area (Å²) in [6.07, 6.45) is 2.02. The molecule has 0 saturated heterocycles. The summed E-state index contributed by atoms with van der Waals surface area (Å²) in [5.41, 5.74) is 0. The lowest BCUT2D eigenvalue weighted by Crippen LogP contribution is -1.98. The van der Waals surface area contributed by atoms with Crippen LogP contribution in [0.4, 0.5) is 0 Å². The molecule has 0 bridgehead atoms. The summed E-state index contributed by atoms with van der Waals surface area (Å²) >= 11 is 0. The van der Waals surface area contributed by atoms with Gasteiger partial charge in [0.1, 0.15) is 11.5 Å². The predicted octanol–water partition coefficient (Wildman–Crippen LogP) is 4.42. The number of hydrogen-bond donors (Lipinski definition) is 0. The standard InChI is InChI=1S/C16H20O2/c1-3-9-17-14-11-13-7-5-6-8-15(13)16(12-14)18-10-4-2/h5-8,11-12H,3-4,9-10H2,1-2H3. The summed E-state index contributed by atoms with van der Waals surface area (Å²) in [5.74, 6) is 1.81. The topological polar surface area (TPSA) is 18.5 Å². The third kappa shape index (κ3) is 2.95. The quantitative estimate of drug-likeness (QED) is 0.749. The van der Waals surface area contributed by atoms with E-state index in [4.69, 9.17) is 9.47 Å². The minimum atomic E-state index is 0.737. The zero-order chi connectivity index (χ0) is 12.8. The zero-order valence-electron chi connectivity index (χ0n) is 11.1. The van der Waals surface area contributed by atoms with Crippen LogP contribution >= 0.6 is 0 Å². The van der Waals surface area contributed by atoms with E-state index in [0.717, 1.165) is 48.3 Å². The van der Waals surface area contributed by atoms with Crippen molar-refractivity contribution < 1.29 is 9.47 Å². The Morgan fingerprint density at radius 2 is 1.61 bits per heavy atom. The molecule has 0 amide bonds. The Morgan fingerprint density at radius 3 is 2.39 bits per heavy atom. The molecule has 0 saturated carbocycles. The van der Waals surface area contributed by atoms with Gasteiger partial charge >= 0.3 is 0 Å². The van der Waals surface area contributed by atoms with Crippen molar-refractivity contribution in [3.05, 3.63) is 36.4 Å². The first-order valence-corrected chi connectivity index (χ1v) is 6.63. The molecule has 2 aromatic carbocycles. The van der Waals surface area contributed by atoms with Gasteiger partial charge in [0.2, 0.25) is 0 Å². The molecule has 0 aliphatic rings. The second-order valence-corrected chi connectivity index (χ2v) is 4.34. The van der Waals surface area contributed by atoms with Gasteiger partial charge in [-0.3, -0.25) is 0 Å². The zero-order valence-corrected chi connectivity index (χ0v) is 11.1. The molecule has 0 aromatic heterocycles. The molecular formula is C16H20O2. The van der Waals surface area contributed by atoms with Crippen LogP contribution in [0.25, 0.3) is 10.8 Å². The molecule has 0 aliphatic carbocycles. The Labute approximate surface area is 109 Å². The average Bonchev–Trinajstić information content (AvgIpc) is 2.42. The summed E-state index contributed by atoms with van der Waals surface area (Å²) in [7, 11) is 0.